The smallest absolute Gasteiger partial charge is 0.225 e. The topological polar surface area (TPSA) is 54.0 Å². The molecule has 0 radical (unpaired) electrons. The van der Waals surface area contributed by atoms with Crippen LogP contribution in [0.15, 0.2) is 18.2 Å². The number of rotatable bonds is 3. The number of hydrogen-bond acceptors (Lipinski definition) is 3. The maximum Gasteiger partial charge on any atom is 0.225 e. The van der Waals surface area contributed by atoms with E-state index in [1.807, 2.05) is 32.0 Å². The van der Waals surface area contributed by atoms with Gasteiger partial charge in [-0.25, -0.2) is 0 Å². The van der Waals surface area contributed by atoms with Gasteiger partial charge in [-0.15, -0.1) is 0 Å². The van der Waals surface area contributed by atoms with Crippen LogP contribution in [0.1, 0.15) is 31.3 Å². The molecule has 1 amide bonds. The molecule has 1 aromatic rings. The fourth-order valence-electron chi connectivity index (χ4n) is 2.36. The van der Waals surface area contributed by atoms with Gasteiger partial charge in [0.15, 0.2) is 0 Å². The van der Waals surface area contributed by atoms with Gasteiger partial charge in [0.2, 0.25) is 5.91 Å². The minimum atomic E-state index is -0.0369. The van der Waals surface area contributed by atoms with Crippen LogP contribution in [0, 0.1) is 18.8 Å². The van der Waals surface area contributed by atoms with Crippen molar-refractivity contribution in [1.82, 2.24) is 15.6 Å². The maximum atomic E-state index is 12.1. The Balaban J connectivity index is 1.98. The highest BCUT2D eigenvalue weighted by molar-refractivity contribution is 5.79. The third kappa shape index (κ3) is 2.88. The van der Waals surface area contributed by atoms with Gasteiger partial charge >= 0.3 is 0 Å². The molecule has 98 valence electrons. The van der Waals surface area contributed by atoms with Gasteiger partial charge in [0.05, 0.1) is 17.7 Å². The van der Waals surface area contributed by atoms with Gasteiger partial charge in [-0.3, -0.25) is 9.78 Å². The summed E-state index contributed by atoms with van der Waals surface area (Å²) in [6.45, 7) is 7.75. The van der Waals surface area contributed by atoms with Crippen LogP contribution < -0.4 is 10.6 Å². The lowest BCUT2D eigenvalue weighted by Gasteiger charge is -2.19. The highest BCUT2D eigenvalue weighted by Crippen LogP contribution is 2.18. The first-order valence-electron chi connectivity index (χ1n) is 6.52. The van der Waals surface area contributed by atoms with Gasteiger partial charge in [0.1, 0.15) is 0 Å². The van der Waals surface area contributed by atoms with Crippen LogP contribution in [0.4, 0.5) is 0 Å². The Hall–Kier alpha value is -1.42. The van der Waals surface area contributed by atoms with E-state index in [0.29, 0.717) is 5.92 Å². The molecule has 2 N–H and O–H groups in total. The molecule has 3 atom stereocenters. The van der Waals surface area contributed by atoms with E-state index < -0.39 is 0 Å². The molecule has 0 bridgehead atoms. The molecule has 2 heterocycles. The third-order valence-electron chi connectivity index (χ3n) is 3.57. The number of nitrogens with zero attached hydrogens (tertiary/aromatic N) is 1. The molecule has 1 aliphatic heterocycles. The van der Waals surface area contributed by atoms with Crippen molar-refractivity contribution < 1.29 is 4.79 Å². The van der Waals surface area contributed by atoms with Crippen molar-refractivity contribution >= 4 is 5.91 Å². The van der Waals surface area contributed by atoms with Crippen molar-refractivity contribution in [3.8, 4) is 0 Å². The maximum absolute atomic E-state index is 12.1. The molecular weight excluding hydrogens is 226 g/mol. The first-order valence-corrected chi connectivity index (χ1v) is 6.52. The summed E-state index contributed by atoms with van der Waals surface area (Å²) in [6.07, 6.45) is 0. The quantitative estimate of drug-likeness (QED) is 0.849. The molecule has 3 unspecified atom stereocenters. The van der Waals surface area contributed by atoms with Crippen LogP contribution in [0.3, 0.4) is 0 Å². The number of amides is 1. The summed E-state index contributed by atoms with van der Waals surface area (Å²) >= 11 is 0. The number of hydrogen-bond donors (Lipinski definition) is 2. The Bertz CT molecular complexity index is 433. The number of aromatic nitrogens is 1. The zero-order valence-electron chi connectivity index (χ0n) is 11.2. The molecule has 4 nitrogen and oxygen atoms in total. The molecule has 18 heavy (non-hydrogen) atoms. The molecule has 1 fully saturated rings. The minimum absolute atomic E-state index is 0.0369. The average molecular weight is 247 g/mol. The predicted octanol–water partition coefficient (Wildman–Crippen LogP) is 1.42. The van der Waals surface area contributed by atoms with Gasteiger partial charge in [0.25, 0.3) is 0 Å². The Labute approximate surface area is 108 Å². The van der Waals surface area contributed by atoms with Crippen LogP contribution in [0.25, 0.3) is 0 Å². The largest absolute Gasteiger partial charge is 0.348 e. The van der Waals surface area contributed by atoms with Gasteiger partial charge < -0.3 is 10.6 Å². The average Bonchev–Trinajstić information content (AvgIpc) is 2.75. The summed E-state index contributed by atoms with van der Waals surface area (Å²) in [5, 5.41) is 6.30. The van der Waals surface area contributed by atoms with E-state index in [-0.39, 0.29) is 17.9 Å². The Kier molecular flexibility index (Phi) is 3.97. The standard InChI is InChI=1S/C14H21N3O/c1-9-7-15-8-12(9)14(18)17-11(3)13-6-4-5-10(2)16-13/h4-6,9,11-12,15H,7-8H2,1-3H3,(H,17,18). The number of pyridine rings is 1. The molecule has 1 aliphatic rings. The van der Waals surface area contributed by atoms with Crippen molar-refractivity contribution in [1.29, 1.82) is 0 Å². The zero-order valence-corrected chi connectivity index (χ0v) is 11.2. The SMILES string of the molecule is Cc1cccc(C(C)NC(=O)C2CNCC2C)n1. The van der Waals surface area contributed by atoms with Crippen LogP contribution in [-0.2, 0) is 4.79 Å². The number of carbonyl (C=O) groups is 1. The monoisotopic (exact) mass is 247 g/mol. The Morgan fingerprint density at radius 1 is 1.50 bits per heavy atom. The summed E-state index contributed by atoms with van der Waals surface area (Å²) in [7, 11) is 0. The Morgan fingerprint density at radius 3 is 2.89 bits per heavy atom. The fourth-order valence-corrected chi connectivity index (χ4v) is 2.36. The number of aryl methyl sites for hydroxylation is 1. The highest BCUT2D eigenvalue weighted by atomic mass is 16.2. The summed E-state index contributed by atoms with van der Waals surface area (Å²) in [5.74, 6) is 0.614. The molecule has 0 aromatic carbocycles. The normalized spacial score (nSPS) is 24.8. The van der Waals surface area contributed by atoms with Crippen molar-refractivity contribution in [2.75, 3.05) is 13.1 Å². The molecule has 1 aromatic heterocycles. The molecule has 0 aliphatic carbocycles. The zero-order chi connectivity index (χ0) is 13.1. The van der Waals surface area contributed by atoms with E-state index in [1.54, 1.807) is 0 Å². The third-order valence-corrected chi connectivity index (χ3v) is 3.57. The van der Waals surface area contributed by atoms with Crippen LogP contribution in [0.5, 0.6) is 0 Å². The van der Waals surface area contributed by atoms with E-state index in [9.17, 15) is 4.79 Å². The molecule has 4 heteroatoms. The first kappa shape index (κ1) is 13.0. The molecule has 0 saturated carbocycles. The highest BCUT2D eigenvalue weighted by Gasteiger charge is 2.30. The lowest BCUT2D eigenvalue weighted by molar-refractivity contribution is -0.126. The summed E-state index contributed by atoms with van der Waals surface area (Å²) < 4.78 is 0. The van der Waals surface area contributed by atoms with E-state index in [1.165, 1.54) is 0 Å². The first-order chi connectivity index (χ1) is 8.58. The van der Waals surface area contributed by atoms with Crippen molar-refractivity contribution in [2.45, 2.75) is 26.8 Å². The second-order valence-electron chi connectivity index (χ2n) is 5.18. The summed E-state index contributed by atoms with van der Waals surface area (Å²) in [4.78, 5) is 16.6. The second kappa shape index (κ2) is 5.48. The molecule has 2 rings (SSSR count). The predicted molar refractivity (Wildman–Crippen MR) is 71.1 cm³/mol. The van der Waals surface area contributed by atoms with E-state index in [2.05, 4.69) is 22.5 Å². The minimum Gasteiger partial charge on any atom is -0.348 e. The second-order valence-corrected chi connectivity index (χ2v) is 5.18. The summed E-state index contributed by atoms with van der Waals surface area (Å²) in [6, 6.07) is 5.85. The van der Waals surface area contributed by atoms with E-state index in [0.717, 1.165) is 24.5 Å². The molecule has 0 spiro atoms. The Morgan fingerprint density at radius 2 is 2.28 bits per heavy atom. The van der Waals surface area contributed by atoms with Gasteiger partial charge in [-0.2, -0.15) is 0 Å². The molecule has 1 saturated heterocycles. The van der Waals surface area contributed by atoms with Gasteiger partial charge in [0, 0.05) is 12.2 Å². The van der Waals surface area contributed by atoms with Crippen molar-refractivity contribution in [3.63, 3.8) is 0 Å². The van der Waals surface area contributed by atoms with Crippen molar-refractivity contribution in [2.24, 2.45) is 11.8 Å². The lowest BCUT2D eigenvalue weighted by atomic mass is 9.97. The van der Waals surface area contributed by atoms with Crippen LogP contribution in [0.2, 0.25) is 0 Å². The molecular formula is C14H21N3O. The van der Waals surface area contributed by atoms with Crippen molar-refractivity contribution in [3.05, 3.63) is 29.6 Å². The number of nitrogens with one attached hydrogen (secondary N) is 2. The lowest BCUT2D eigenvalue weighted by Crippen LogP contribution is -2.36. The number of carbonyl (C=O) groups excluding carboxylic acids is 1. The van der Waals surface area contributed by atoms with E-state index in [4.69, 9.17) is 0 Å². The fraction of sp³-hybridized carbons (Fsp3) is 0.571. The van der Waals surface area contributed by atoms with Gasteiger partial charge in [-0.1, -0.05) is 13.0 Å². The van der Waals surface area contributed by atoms with Gasteiger partial charge in [-0.05, 0) is 38.4 Å². The van der Waals surface area contributed by atoms with E-state index >= 15 is 0 Å². The summed E-state index contributed by atoms with van der Waals surface area (Å²) in [5.41, 5.74) is 1.89. The van der Waals surface area contributed by atoms with Crippen LogP contribution in [-0.4, -0.2) is 24.0 Å². The van der Waals surface area contributed by atoms with Crippen LogP contribution >= 0.6 is 0 Å².